The van der Waals surface area contributed by atoms with Gasteiger partial charge in [-0.3, -0.25) is 9.79 Å². The van der Waals surface area contributed by atoms with Gasteiger partial charge in [0.15, 0.2) is 0 Å². The molecule has 2 aliphatic rings. The molecule has 1 aromatic rings. The summed E-state index contributed by atoms with van der Waals surface area (Å²) < 4.78 is 1.91. The van der Waals surface area contributed by atoms with E-state index >= 15 is 0 Å². The fourth-order valence-electron chi connectivity index (χ4n) is 2.50. The number of pyridine rings is 1. The van der Waals surface area contributed by atoms with Gasteiger partial charge in [-0.2, -0.15) is 0 Å². The molecule has 2 atom stereocenters. The van der Waals surface area contributed by atoms with Crippen molar-refractivity contribution in [2.75, 3.05) is 6.54 Å². The van der Waals surface area contributed by atoms with E-state index in [1.807, 2.05) is 16.8 Å². The molecule has 0 saturated carbocycles. The summed E-state index contributed by atoms with van der Waals surface area (Å²) in [6.07, 6.45) is 3.17. The highest BCUT2D eigenvalue weighted by molar-refractivity contribution is 5.62. The zero-order valence-corrected chi connectivity index (χ0v) is 7.89. The maximum absolute atomic E-state index is 11.6. The van der Waals surface area contributed by atoms with Gasteiger partial charge in [0.1, 0.15) is 0 Å². The van der Waals surface area contributed by atoms with E-state index in [2.05, 4.69) is 11.1 Å². The largest absolute Gasteiger partial charge is 0.312 e. The van der Waals surface area contributed by atoms with Gasteiger partial charge in [-0.1, -0.05) is 6.07 Å². The summed E-state index contributed by atoms with van der Waals surface area (Å²) in [6.45, 7) is 1.66. The molecule has 0 amide bonds. The summed E-state index contributed by atoms with van der Waals surface area (Å²) in [5.74, 6) is 0.939. The van der Waals surface area contributed by atoms with Crippen LogP contribution in [0.3, 0.4) is 0 Å². The summed E-state index contributed by atoms with van der Waals surface area (Å²) in [5.41, 5.74) is 1.30. The van der Waals surface area contributed by atoms with E-state index in [1.165, 1.54) is 5.69 Å². The average molecular weight is 188 g/mol. The predicted octanol–water partition coefficient (Wildman–Crippen LogP) is 1.04. The van der Waals surface area contributed by atoms with E-state index < -0.39 is 0 Å². The second-order valence-electron chi connectivity index (χ2n) is 4.11. The SMILES string of the molecule is O=c1cccc2n1CC1C=NCC2C1. The molecule has 0 N–H and O–H groups in total. The van der Waals surface area contributed by atoms with E-state index in [0.29, 0.717) is 11.8 Å². The maximum atomic E-state index is 11.6. The fourth-order valence-corrected chi connectivity index (χ4v) is 2.50. The summed E-state index contributed by atoms with van der Waals surface area (Å²) in [4.78, 5) is 16.0. The Hall–Kier alpha value is -1.38. The van der Waals surface area contributed by atoms with E-state index in [0.717, 1.165) is 19.5 Å². The first-order valence-electron chi connectivity index (χ1n) is 5.04. The molecule has 2 bridgehead atoms. The molecular weight excluding hydrogens is 176 g/mol. The van der Waals surface area contributed by atoms with Crippen molar-refractivity contribution in [2.24, 2.45) is 10.9 Å². The van der Waals surface area contributed by atoms with Crippen molar-refractivity contribution in [3.05, 3.63) is 34.2 Å². The normalized spacial score (nSPS) is 28.6. The molecule has 72 valence electrons. The van der Waals surface area contributed by atoms with Crippen LogP contribution in [0.15, 0.2) is 28.0 Å². The van der Waals surface area contributed by atoms with Crippen molar-refractivity contribution in [1.29, 1.82) is 0 Å². The zero-order chi connectivity index (χ0) is 9.54. The Labute approximate surface area is 82.1 Å². The van der Waals surface area contributed by atoms with E-state index in [-0.39, 0.29) is 5.56 Å². The van der Waals surface area contributed by atoms with Gasteiger partial charge in [0.25, 0.3) is 5.56 Å². The summed E-state index contributed by atoms with van der Waals surface area (Å²) in [7, 11) is 0. The molecule has 0 spiro atoms. The van der Waals surface area contributed by atoms with Crippen molar-refractivity contribution in [3.63, 3.8) is 0 Å². The number of rotatable bonds is 0. The standard InChI is InChI=1S/C11H12N2O/c14-11-3-1-2-10-9-4-8(5-12-6-9)7-13(10)11/h1-3,5,8-9H,4,6-7H2. The lowest BCUT2D eigenvalue weighted by atomic mass is 9.86. The van der Waals surface area contributed by atoms with Crippen molar-refractivity contribution in [1.82, 2.24) is 4.57 Å². The van der Waals surface area contributed by atoms with Crippen molar-refractivity contribution in [3.8, 4) is 0 Å². The first kappa shape index (κ1) is 7.97. The van der Waals surface area contributed by atoms with Gasteiger partial charge in [0.05, 0.1) is 0 Å². The third-order valence-electron chi connectivity index (χ3n) is 3.15. The number of fused-ring (bicyclic) bond motifs is 4. The quantitative estimate of drug-likeness (QED) is 0.599. The number of hydrogen-bond donors (Lipinski definition) is 0. The number of aromatic nitrogens is 1. The lowest BCUT2D eigenvalue weighted by Crippen LogP contribution is -2.36. The second-order valence-corrected chi connectivity index (χ2v) is 4.11. The Kier molecular flexibility index (Phi) is 1.60. The van der Waals surface area contributed by atoms with Gasteiger partial charge >= 0.3 is 0 Å². The second kappa shape index (κ2) is 2.80. The number of aliphatic imine (C=N–C) groups is 1. The highest BCUT2D eigenvalue weighted by Gasteiger charge is 2.28. The Morgan fingerprint density at radius 2 is 2.36 bits per heavy atom. The predicted molar refractivity (Wildman–Crippen MR) is 54.9 cm³/mol. The van der Waals surface area contributed by atoms with Crippen molar-refractivity contribution >= 4 is 6.21 Å². The highest BCUT2D eigenvalue weighted by atomic mass is 16.1. The summed E-state index contributed by atoms with van der Waals surface area (Å²) >= 11 is 0. The minimum absolute atomic E-state index is 0.132. The van der Waals surface area contributed by atoms with Crippen molar-refractivity contribution < 1.29 is 0 Å². The minimum atomic E-state index is 0.132. The van der Waals surface area contributed by atoms with Crippen LogP contribution in [0.2, 0.25) is 0 Å². The fraction of sp³-hybridized carbons (Fsp3) is 0.455. The van der Waals surface area contributed by atoms with Gasteiger partial charge in [0.2, 0.25) is 0 Å². The topological polar surface area (TPSA) is 34.4 Å². The molecule has 0 aromatic carbocycles. The Morgan fingerprint density at radius 1 is 1.43 bits per heavy atom. The molecule has 3 rings (SSSR count). The number of hydrogen-bond acceptors (Lipinski definition) is 2. The number of nitrogens with zero attached hydrogens (tertiary/aromatic N) is 2. The van der Waals surface area contributed by atoms with Gasteiger partial charge in [-0.05, 0) is 12.5 Å². The molecule has 2 aliphatic heterocycles. The van der Waals surface area contributed by atoms with Crippen LogP contribution in [0, 0.1) is 5.92 Å². The zero-order valence-electron chi connectivity index (χ0n) is 7.89. The molecule has 0 saturated heterocycles. The first-order chi connectivity index (χ1) is 6.84. The average Bonchev–Trinajstić information content (AvgIpc) is 2.20. The van der Waals surface area contributed by atoms with Crippen LogP contribution in [0.1, 0.15) is 18.0 Å². The third-order valence-corrected chi connectivity index (χ3v) is 3.15. The van der Waals surface area contributed by atoms with Gasteiger partial charge in [-0.25, -0.2) is 0 Å². The molecule has 0 fully saturated rings. The van der Waals surface area contributed by atoms with Crippen LogP contribution in [-0.4, -0.2) is 17.3 Å². The van der Waals surface area contributed by atoms with Gasteiger partial charge < -0.3 is 4.57 Å². The lowest BCUT2D eigenvalue weighted by Gasteiger charge is -2.32. The Bertz CT molecular complexity index is 447. The van der Waals surface area contributed by atoms with Crippen LogP contribution < -0.4 is 5.56 Å². The highest BCUT2D eigenvalue weighted by Crippen LogP contribution is 2.31. The third kappa shape index (κ3) is 1.05. The van der Waals surface area contributed by atoms with E-state index in [4.69, 9.17) is 0 Å². The molecule has 0 aliphatic carbocycles. The van der Waals surface area contributed by atoms with Crippen LogP contribution in [-0.2, 0) is 6.54 Å². The molecule has 0 radical (unpaired) electrons. The molecule has 14 heavy (non-hydrogen) atoms. The minimum Gasteiger partial charge on any atom is -0.312 e. The van der Waals surface area contributed by atoms with Crippen LogP contribution in [0.5, 0.6) is 0 Å². The Morgan fingerprint density at radius 3 is 3.29 bits per heavy atom. The first-order valence-corrected chi connectivity index (χ1v) is 5.04. The van der Waals surface area contributed by atoms with Gasteiger partial charge in [-0.15, -0.1) is 0 Å². The van der Waals surface area contributed by atoms with Crippen molar-refractivity contribution in [2.45, 2.75) is 18.9 Å². The molecule has 3 nitrogen and oxygen atoms in total. The van der Waals surface area contributed by atoms with Gasteiger partial charge in [0, 0.05) is 42.9 Å². The van der Waals surface area contributed by atoms with E-state index in [1.54, 1.807) is 6.07 Å². The summed E-state index contributed by atoms with van der Waals surface area (Å²) in [5, 5.41) is 0. The monoisotopic (exact) mass is 188 g/mol. The maximum Gasteiger partial charge on any atom is 0.250 e. The molecule has 3 heteroatoms. The van der Waals surface area contributed by atoms with E-state index in [9.17, 15) is 4.79 Å². The summed E-state index contributed by atoms with van der Waals surface area (Å²) in [6, 6.07) is 5.55. The van der Waals surface area contributed by atoms with Crippen LogP contribution in [0.25, 0.3) is 0 Å². The molecule has 2 unspecified atom stereocenters. The molecular formula is C11H12N2O. The smallest absolute Gasteiger partial charge is 0.250 e. The molecule has 1 aromatic heterocycles. The van der Waals surface area contributed by atoms with Crippen LogP contribution in [0.4, 0.5) is 0 Å². The Balaban J connectivity index is 2.19. The van der Waals surface area contributed by atoms with Crippen LogP contribution >= 0.6 is 0 Å². The molecule has 3 heterocycles. The lowest BCUT2D eigenvalue weighted by molar-refractivity contribution is 0.379.